The number of methoxy groups -OCH3 is 1. The molecule has 1 atom stereocenters. The van der Waals surface area contributed by atoms with Crippen LogP contribution in [0.25, 0.3) is 0 Å². The molecular weight excluding hydrogens is 230 g/mol. The van der Waals surface area contributed by atoms with E-state index in [-0.39, 0.29) is 12.5 Å². The van der Waals surface area contributed by atoms with E-state index >= 15 is 0 Å². The summed E-state index contributed by atoms with van der Waals surface area (Å²) in [7, 11) is 1.67. The van der Waals surface area contributed by atoms with Crippen molar-refractivity contribution in [3.05, 3.63) is 30.3 Å². The van der Waals surface area contributed by atoms with E-state index < -0.39 is 5.97 Å². The zero-order valence-electron chi connectivity index (χ0n) is 11.0. The summed E-state index contributed by atoms with van der Waals surface area (Å²) in [5, 5.41) is 8.84. The lowest BCUT2D eigenvalue weighted by atomic mass is 10.1. The first-order valence-electron chi connectivity index (χ1n) is 6.21. The van der Waals surface area contributed by atoms with Crippen LogP contribution in [0.15, 0.2) is 30.3 Å². The van der Waals surface area contributed by atoms with Gasteiger partial charge in [0.1, 0.15) is 0 Å². The average molecular weight is 251 g/mol. The van der Waals surface area contributed by atoms with Gasteiger partial charge < -0.3 is 14.7 Å². The van der Waals surface area contributed by atoms with Crippen molar-refractivity contribution in [3.63, 3.8) is 0 Å². The molecule has 1 rings (SSSR count). The highest BCUT2D eigenvalue weighted by Crippen LogP contribution is 2.18. The number of benzene rings is 1. The van der Waals surface area contributed by atoms with Gasteiger partial charge in [-0.3, -0.25) is 4.79 Å². The largest absolute Gasteiger partial charge is 0.481 e. The second-order valence-corrected chi connectivity index (χ2v) is 4.19. The van der Waals surface area contributed by atoms with Crippen molar-refractivity contribution >= 4 is 11.7 Å². The molecule has 0 aliphatic carbocycles. The van der Waals surface area contributed by atoms with Crippen molar-refractivity contribution in [2.75, 3.05) is 25.2 Å². The Labute approximate surface area is 108 Å². The van der Waals surface area contributed by atoms with Gasteiger partial charge in [0.2, 0.25) is 0 Å². The Hall–Kier alpha value is -1.55. The van der Waals surface area contributed by atoms with Gasteiger partial charge in [-0.05, 0) is 18.6 Å². The van der Waals surface area contributed by atoms with E-state index in [0.717, 1.165) is 12.1 Å². The number of hydrogen-bond acceptors (Lipinski definition) is 3. The highest BCUT2D eigenvalue weighted by Gasteiger charge is 2.17. The van der Waals surface area contributed by atoms with Gasteiger partial charge in [-0.25, -0.2) is 0 Å². The molecule has 0 radical (unpaired) electrons. The van der Waals surface area contributed by atoms with Crippen LogP contribution in [0.4, 0.5) is 5.69 Å². The van der Waals surface area contributed by atoms with Gasteiger partial charge in [-0.15, -0.1) is 0 Å². The van der Waals surface area contributed by atoms with Crippen molar-refractivity contribution in [2.24, 2.45) is 0 Å². The number of carbonyl (C=O) groups is 1. The smallest absolute Gasteiger partial charge is 0.305 e. The molecular formula is C14H21NO3. The minimum absolute atomic E-state index is 0.134. The van der Waals surface area contributed by atoms with E-state index in [2.05, 4.69) is 11.8 Å². The lowest BCUT2D eigenvalue weighted by Gasteiger charge is -2.32. The number of carboxylic acids is 1. The minimum Gasteiger partial charge on any atom is -0.481 e. The molecule has 1 aromatic carbocycles. The summed E-state index contributed by atoms with van der Waals surface area (Å²) in [5.74, 6) is -0.775. The number of carboxylic acid groups (broad SMARTS) is 1. The minimum atomic E-state index is -0.775. The van der Waals surface area contributed by atoms with Gasteiger partial charge in [-0.1, -0.05) is 25.1 Å². The van der Waals surface area contributed by atoms with E-state index in [1.807, 2.05) is 30.3 Å². The average Bonchev–Trinajstić information content (AvgIpc) is 2.38. The first-order valence-corrected chi connectivity index (χ1v) is 6.21. The van der Waals surface area contributed by atoms with Crippen molar-refractivity contribution in [2.45, 2.75) is 25.8 Å². The molecule has 0 bridgehead atoms. The molecule has 0 saturated carbocycles. The molecule has 1 N–H and O–H groups in total. The SMILES string of the molecule is CCC(COC)N(CCC(=O)O)c1ccccc1. The summed E-state index contributed by atoms with van der Waals surface area (Å²) < 4.78 is 5.22. The Morgan fingerprint density at radius 2 is 2.06 bits per heavy atom. The van der Waals surface area contributed by atoms with E-state index in [9.17, 15) is 4.79 Å². The number of hydrogen-bond donors (Lipinski definition) is 1. The van der Waals surface area contributed by atoms with Crippen molar-refractivity contribution in [1.29, 1.82) is 0 Å². The van der Waals surface area contributed by atoms with Crippen LogP contribution in [-0.2, 0) is 9.53 Å². The van der Waals surface area contributed by atoms with E-state index in [0.29, 0.717) is 13.2 Å². The molecule has 18 heavy (non-hydrogen) atoms. The molecule has 0 spiro atoms. The zero-order chi connectivity index (χ0) is 13.4. The fraction of sp³-hybridized carbons (Fsp3) is 0.500. The number of nitrogens with zero attached hydrogens (tertiary/aromatic N) is 1. The van der Waals surface area contributed by atoms with Crippen LogP contribution in [0.5, 0.6) is 0 Å². The molecule has 0 saturated heterocycles. The predicted octanol–water partition coefficient (Wildman–Crippen LogP) is 2.39. The molecule has 0 aliphatic heterocycles. The first kappa shape index (κ1) is 14.5. The van der Waals surface area contributed by atoms with E-state index in [1.54, 1.807) is 7.11 Å². The molecule has 0 aromatic heterocycles. The molecule has 1 unspecified atom stereocenters. The number of aliphatic carboxylic acids is 1. The van der Waals surface area contributed by atoms with Gasteiger partial charge in [0.05, 0.1) is 19.1 Å². The van der Waals surface area contributed by atoms with Gasteiger partial charge in [0, 0.05) is 19.3 Å². The summed E-state index contributed by atoms with van der Waals surface area (Å²) >= 11 is 0. The first-order chi connectivity index (χ1) is 8.69. The van der Waals surface area contributed by atoms with Crippen LogP contribution in [0.1, 0.15) is 19.8 Å². The Morgan fingerprint density at radius 3 is 2.56 bits per heavy atom. The Morgan fingerprint density at radius 1 is 1.39 bits per heavy atom. The standard InChI is InChI=1S/C14H21NO3/c1-3-12(11-18-2)15(10-9-14(16)17)13-7-5-4-6-8-13/h4-8,12H,3,9-11H2,1-2H3,(H,16,17). The van der Waals surface area contributed by atoms with Gasteiger partial charge >= 0.3 is 5.97 Å². The third-order valence-corrected chi connectivity index (χ3v) is 2.93. The maximum absolute atomic E-state index is 10.7. The molecule has 1 aromatic rings. The number of anilines is 1. The van der Waals surface area contributed by atoms with Crippen LogP contribution in [0.2, 0.25) is 0 Å². The van der Waals surface area contributed by atoms with E-state index in [4.69, 9.17) is 9.84 Å². The summed E-state index contributed by atoms with van der Waals surface area (Å²) in [4.78, 5) is 12.9. The molecule has 0 heterocycles. The topological polar surface area (TPSA) is 49.8 Å². The monoisotopic (exact) mass is 251 g/mol. The third-order valence-electron chi connectivity index (χ3n) is 2.93. The number of para-hydroxylation sites is 1. The Kier molecular flexibility index (Phi) is 6.22. The summed E-state index contributed by atoms with van der Waals surface area (Å²) in [6.45, 7) is 3.19. The maximum atomic E-state index is 10.7. The lowest BCUT2D eigenvalue weighted by molar-refractivity contribution is -0.136. The van der Waals surface area contributed by atoms with Gasteiger partial charge in [0.25, 0.3) is 0 Å². The van der Waals surface area contributed by atoms with Crippen LogP contribution >= 0.6 is 0 Å². The van der Waals surface area contributed by atoms with Crippen molar-refractivity contribution in [1.82, 2.24) is 0 Å². The molecule has 4 nitrogen and oxygen atoms in total. The summed E-state index contributed by atoms with van der Waals surface area (Å²) in [6, 6.07) is 10.1. The predicted molar refractivity (Wildman–Crippen MR) is 72.0 cm³/mol. The highest BCUT2D eigenvalue weighted by molar-refractivity contribution is 5.67. The van der Waals surface area contributed by atoms with Crippen LogP contribution in [0.3, 0.4) is 0 Å². The van der Waals surface area contributed by atoms with E-state index in [1.165, 1.54) is 0 Å². The quantitative estimate of drug-likeness (QED) is 0.770. The second-order valence-electron chi connectivity index (χ2n) is 4.19. The van der Waals surface area contributed by atoms with Gasteiger partial charge in [-0.2, -0.15) is 0 Å². The normalized spacial score (nSPS) is 12.1. The Balaban J connectivity index is 2.83. The maximum Gasteiger partial charge on any atom is 0.305 e. The lowest BCUT2D eigenvalue weighted by Crippen LogP contribution is -2.39. The van der Waals surface area contributed by atoms with Crippen molar-refractivity contribution in [3.8, 4) is 0 Å². The molecule has 4 heteroatoms. The molecule has 0 amide bonds. The number of rotatable bonds is 8. The van der Waals surface area contributed by atoms with Crippen LogP contribution < -0.4 is 4.90 Å². The summed E-state index contributed by atoms with van der Waals surface area (Å²) in [5.41, 5.74) is 1.04. The van der Waals surface area contributed by atoms with Crippen LogP contribution in [-0.4, -0.2) is 37.4 Å². The van der Waals surface area contributed by atoms with Crippen LogP contribution in [0, 0.1) is 0 Å². The molecule has 0 fully saturated rings. The molecule has 100 valence electrons. The van der Waals surface area contributed by atoms with Crippen molar-refractivity contribution < 1.29 is 14.6 Å². The summed E-state index contributed by atoms with van der Waals surface area (Å²) in [6.07, 6.45) is 1.05. The zero-order valence-corrected chi connectivity index (χ0v) is 11.0. The third kappa shape index (κ3) is 4.37. The fourth-order valence-corrected chi connectivity index (χ4v) is 1.98. The fourth-order valence-electron chi connectivity index (χ4n) is 1.98. The Bertz CT molecular complexity index is 353. The highest BCUT2D eigenvalue weighted by atomic mass is 16.5. The number of ether oxygens (including phenoxy) is 1. The second kappa shape index (κ2) is 7.71. The molecule has 0 aliphatic rings. The van der Waals surface area contributed by atoms with Gasteiger partial charge in [0.15, 0.2) is 0 Å².